The SMILES string of the molecule is CCOc1cccnc1NCCN(C)C(C)CC. The van der Waals surface area contributed by atoms with Crippen LogP contribution in [0.2, 0.25) is 0 Å². The third kappa shape index (κ3) is 4.53. The largest absolute Gasteiger partial charge is 0.490 e. The highest BCUT2D eigenvalue weighted by Crippen LogP contribution is 2.20. The fraction of sp³-hybridized carbons (Fsp3) is 0.643. The molecule has 1 unspecified atom stereocenters. The smallest absolute Gasteiger partial charge is 0.168 e. The van der Waals surface area contributed by atoms with Crippen LogP contribution in [0.3, 0.4) is 0 Å². The predicted octanol–water partition coefficient (Wildman–Crippen LogP) is 2.62. The van der Waals surface area contributed by atoms with Crippen LogP contribution < -0.4 is 10.1 Å². The molecule has 0 radical (unpaired) electrons. The second-order valence-electron chi connectivity index (χ2n) is 4.45. The van der Waals surface area contributed by atoms with E-state index in [2.05, 4.69) is 36.1 Å². The third-order valence-corrected chi connectivity index (χ3v) is 3.17. The standard InChI is InChI=1S/C14H25N3O/c1-5-12(3)17(4)11-10-16-14-13(18-6-2)8-7-9-15-14/h7-9,12H,5-6,10-11H2,1-4H3,(H,15,16). The quantitative estimate of drug-likeness (QED) is 0.770. The summed E-state index contributed by atoms with van der Waals surface area (Å²) in [6.07, 6.45) is 2.95. The van der Waals surface area contributed by atoms with Crippen molar-refractivity contribution in [2.45, 2.75) is 33.2 Å². The van der Waals surface area contributed by atoms with E-state index in [1.54, 1.807) is 6.20 Å². The summed E-state index contributed by atoms with van der Waals surface area (Å²) in [5.74, 6) is 1.66. The van der Waals surface area contributed by atoms with Crippen molar-refractivity contribution >= 4 is 5.82 Å². The Balaban J connectivity index is 2.43. The molecule has 0 saturated heterocycles. The van der Waals surface area contributed by atoms with E-state index in [1.165, 1.54) is 6.42 Å². The zero-order chi connectivity index (χ0) is 13.4. The van der Waals surface area contributed by atoms with E-state index < -0.39 is 0 Å². The summed E-state index contributed by atoms with van der Waals surface area (Å²) in [6, 6.07) is 4.44. The lowest BCUT2D eigenvalue weighted by Gasteiger charge is -2.23. The number of hydrogen-bond acceptors (Lipinski definition) is 4. The molecule has 18 heavy (non-hydrogen) atoms. The van der Waals surface area contributed by atoms with Crippen molar-refractivity contribution < 1.29 is 4.74 Å². The average molecular weight is 251 g/mol. The molecule has 0 aliphatic carbocycles. The minimum atomic E-state index is 0.613. The summed E-state index contributed by atoms with van der Waals surface area (Å²) >= 11 is 0. The van der Waals surface area contributed by atoms with Gasteiger partial charge in [-0.25, -0.2) is 4.98 Å². The van der Waals surface area contributed by atoms with Gasteiger partial charge in [-0.2, -0.15) is 0 Å². The Labute approximate surface area is 110 Å². The maximum absolute atomic E-state index is 5.52. The summed E-state index contributed by atoms with van der Waals surface area (Å²) in [5, 5.41) is 3.33. The van der Waals surface area contributed by atoms with E-state index >= 15 is 0 Å². The van der Waals surface area contributed by atoms with Gasteiger partial charge < -0.3 is 15.0 Å². The van der Waals surface area contributed by atoms with Crippen LogP contribution in [-0.2, 0) is 0 Å². The van der Waals surface area contributed by atoms with Crippen LogP contribution >= 0.6 is 0 Å². The molecule has 0 amide bonds. The minimum Gasteiger partial charge on any atom is -0.490 e. The van der Waals surface area contributed by atoms with Crippen molar-refractivity contribution in [2.75, 3.05) is 32.1 Å². The Morgan fingerprint density at radius 1 is 1.44 bits per heavy atom. The highest BCUT2D eigenvalue weighted by Gasteiger charge is 2.07. The van der Waals surface area contributed by atoms with Gasteiger partial charge in [-0.05, 0) is 39.4 Å². The van der Waals surface area contributed by atoms with E-state index in [-0.39, 0.29) is 0 Å². The molecule has 0 aliphatic heterocycles. The van der Waals surface area contributed by atoms with Gasteiger partial charge in [0.25, 0.3) is 0 Å². The molecular formula is C14H25N3O. The number of nitrogens with one attached hydrogen (secondary N) is 1. The van der Waals surface area contributed by atoms with E-state index in [0.717, 1.165) is 24.7 Å². The van der Waals surface area contributed by atoms with E-state index in [4.69, 9.17) is 4.74 Å². The summed E-state index contributed by atoms with van der Waals surface area (Å²) in [5.41, 5.74) is 0. The van der Waals surface area contributed by atoms with Gasteiger partial charge in [-0.15, -0.1) is 0 Å². The highest BCUT2D eigenvalue weighted by molar-refractivity contribution is 5.49. The maximum Gasteiger partial charge on any atom is 0.168 e. The van der Waals surface area contributed by atoms with Crippen LogP contribution in [0.15, 0.2) is 18.3 Å². The molecule has 0 fully saturated rings. The van der Waals surface area contributed by atoms with E-state index in [0.29, 0.717) is 12.6 Å². The zero-order valence-corrected chi connectivity index (χ0v) is 11.9. The first-order valence-electron chi connectivity index (χ1n) is 6.70. The van der Waals surface area contributed by atoms with Crippen molar-refractivity contribution in [3.8, 4) is 5.75 Å². The molecule has 1 aromatic rings. The van der Waals surface area contributed by atoms with Gasteiger partial charge in [-0.3, -0.25) is 0 Å². The van der Waals surface area contributed by atoms with Crippen LogP contribution in [0.1, 0.15) is 27.2 Å². The van der Waals surface area contributed by atoms with Crippen LogP contribution in [0, 0.1) is 0 Å². The second-order valence-corrected chi connectivity index (χ2v) is 4.45. The Kier molecular flexibility index (Phi) is 6.50. The minimum absolute atomic E-state index is 0.613. The normalized spacial score (nSPS) is 12.5. The maximum atomic E-state index is 5.52. The fourth-order valence-electron chi connectivity index (χ4n) is 1.68. The lowest BCUT2D eigenvalue weighted by molar-refractivity contribution is 0.261. The highest BCUT2D eigenvalue weighted by atomic mass is 16.5. The third-order valence-electron chi connectivity index (χ3n) is 3.17. The predicted molar refractivity (Wildman–Crippen MR) is 76.3 cm³/mol. The summed E-state index contributed by atoms with van der Waals surface area (Å²) in [4.78, 5) is 6.65. The molecular weight excluding hydrogens is 226 g/mol. The number of rotatable bonds is 8. The number of ether oxygens (including phenoxy) is 1. The first-order valence-corrected chi connectivity index (χ1v) is 6.70. The second kappa shape index (κ2) is 7.93. The lowest BCUT2D eigenvalue weighted by atomic mass is 10.2. The summed E-state index contributed by atoms with van der Waals surface area (Å²) < 4.78 is 5.52. The molecule has 1 aromatic heterocycles. The number of aromatic nitrogens is 1. The lowest BCUT2D eigenvalue weighted by Crippen LogP contribution is -2.32. The van der Waals surface area contributed by atoms with Gasteiger partial charge in [-0.1, -0.05) is 6.92 Å². The van der Waals surface area contributed by atoms with Gasteiger partial charge in [0.05, 0.1) is 6.61 Å². The number of likely N-dealkylation sites (N-methyl/N-ethyl adjacent to an activating group) is 1. The summed E-state index contributed by atoms with van der Waals surface area (Å²) in [7, 11) is 2.15. The van der Waals surface area contributed by atoms with Crippen molar-refractivity contribution in [3.05, 3.63) is 18.3 Å². The van der Waals surface area contributed by atoms with Crippen LogP contribution in [-0.4, -0.2) is 42.7 Å². The van der Waals surface area contributed by atoms with Crippen LogP contribution in [0.25, 0.3) is 0 Å². The van der Waals surface area contributed by atoms with Gasteiger partial charge in [0, 0.05) is 25.3 Å². The van der Waals surface area contributed by atoms with Gasteiger partial charge in [0.1, 0.15) is 0 Å². The Bertz CT molecular complexity index is 344. The van der Waals surface area contributed by atoms with Crippen LogP contribution in [0.5, 0.6) is 5.75 Å². The fourth-order valence-corrected chi connectivity index (χ4v) is 1.68. The molecule has 0 spiro atoms. The molecule has 4 heteroatoms. The van der Waals surface area contributed by atoms with Crippen molar-refractivity contribution in [2.24, 2.45) is 0 Å². The van der Waals surface area contributed by atoms with Gasteiger partial charge in [0.2, 0.25) is 0 Å². The molecule has 0 aliphatic rings. The molecule has 1 rings (SSSR count). The first-order chi connectivity index (χ1) is 8.69. The Morgan fingerprint density at radius 3 is 2.89 bits per heavy atom. The van der Waals surface area contributed by atoms with Gasteiger partial charge in [0.15, 0.2) is 11.6 Å². The molecule has 1 heterocycles. The molecule has 0 bridgehead atoms. The molecule has 102 valence electrons. The van der Waals surface area contributed by atoms with E-state index in [1.807, 2.05) is 19.1 Å². The number of anilines is 1. The first kappa shape index (κ1) is 14.8. The van der Waals surface area contributed by atoms with Crippen molar-refractivity contribution in [3.63, 3.8) is 0 Å². The van der Waals surface area contributed by atoms with E-state index in [9.17, 15) is 0 Å². The number of pyridine rings is 1. The number of nitrogens with zero attached hydrogens (tertiary/aromatic N) is 2. The van der Waals surface area contributed by atoms with Crippen molar-refractivity contribution in [1.82, 2.24) is 9.88 Å². The van der Waals surface area contributed by atoms with Gasteiger partial charge >= 0.3 is 0 Å². The monoisotopic (exact) mass is 251 g/mol. The molecule has 1 N–H and O–H groups in total. The Morgan fingerprint density at radius 2 is 2.22 bits per heavy atom. The van der Waals surface area contributed by atoms with Crippen LogP contribution in [0.4, 0.5) is 5.82 Å². The number of hydrogen-bond donors (Lipinski definition) is 1. The molecule has 0 aromatic carbocycles. The molecule has 0 saturated carbocycles. The zero-order valence-electron chi connectivity index (χ0n) is 11.9. The average Bonchev–Trinajstić information content (AvgIpc) is 2.40. The summed E-state index contributed by atoms with van der Waals surface area (Å²) in [6.45, 7) is 8.96. The Hall–Kier alpha value is -1.29. The van der Waals surface area contributed by atoms with Crippen molar-refractivity contribution in [1.29, 1.82) is 0 Å². The molecule has 1 atom stereocenters. The molecule has 4 nitrogen and oxygen atoms in total. The topological polar surface area (TPSA) is 37.4 Å².